The van der Waals surface area contributed by atoms with E-state index in [1.54, 1.807) is 0 Å². The third kappa shape index (κ3) is 3.42. The number of benzene rings is 1. The molecular weight excluding hydrogens is 212 g/mol. The molecule has 17 heavy (non-hydrogen) atoms. The van der Waals surface area contributed by atoms with Crippen molar-refractivity contribution < 1.29 is 9.47 Å². The van der Waals surface area contributed by atoms with Gasteiger partial charge >= 0.3 is 0 Å². The first-order chi connectivity index (χ1) is 8.29. The Morgan fingerprint density at radius 2 is 1.94 bits per heavy atom. The third-order valence-corrected chi connectivity index (χ3v) is 3.08. The van der Waals surface area contributed by atoms with Crippen molar-refractivity contribution in [1.82, 2.24) is 0 Å². The largest absolute Gasteiger partial charge is 0.372 e. The monoisotopic (exact) mass is 232 g/mol. The van der Waals surface area contributed by atoms with Gasteiger partial charge < -0.3 is 9.47 Å². The van der Waals surface area contributed by atoms with E-state index in [1.807, 2.05) is 18.2 Å². The molecule has 0 unspecified atom stereocenters. The van der Waals surface area contributed by atoms with Crippen LogP contribution in [0.1, 0.15) is 25.8 Å². The van der Waals surface area contributed by atoms with Gasteiger partial charge in [0.15, 0.2) is 0 Å². The molecule has 1 aromatic rings. The van der Waals surface area contributed by atoms with Crippen LogP contribution in [0.5, 0.6) is 0 Å². The highest BCUT2D eigenvalue weighted by Crippen LogP contribution is 2.21. The van der Waals surface area contributed by atoms with E-state index in [0.717, 1.165) is 6.42 Å². The van der Waals surface area contributed by atoms with Gasteiger partial charge in [-0.1, -0.05) is 43.3 Å². The van der Waals surface area contributed by atoms with Crippen molar-refractivity contribution in [2.24, 2.45) is 0 Å². The lowest BCUT2D eigenvalue weighted by molar-refractivity contribution is 0.0547. The molecule has 0 fully saturated rings. The molecule has 2 nitrogen and oxygen atoms in total. The molecule has 0 saturated heterocycles. The first-order valence-corrected chi connectivity index (χ1v) is 6.27. The SMILES string of the molecule is CC[C@H]1C=C(COCc2ccccc2)[C@H](C)O1. The summed E-state index contributed by atoms with van der Waals surface area (Å²) < 4.78 is 11.5. The van der Waals surface area contributed by atoms with E-state index < -0.39 is 0 Å². The molecule has 0 spiro atoms. The lowest BCUT2D eigenvalue weighted by Gasteiger charge is -2.11. The molecule has 2 atom stereocenters. The Morgan fingerprint density at radius 1 is 1.18 bits per heavy atom. The van der Waals surface area contributed by atoms with Crippen LogP contribution in [0.4, 0.5) is 0 Å². The molecule has 1 heterocycles. The topological polar surface area (TPSA) is 18.5 Å². The number of hydrogen-bond donors (Lipinski definition) is 0. The zero-order valence-corrected chi connectivity index (χ0v) is 10.6. The summed E-state index contributed by atoms with van der Waals surface area (Å²) in [5.74, 6) is 0. The van der Waals surface area contributed by atoms with E-state index in [-0.39, 0.29) is 12.2 Å². The first-order valence-electron chi connectivity index (χ1n) is 6.27. The van der Waals surface area contributed by atoms with Gasteiger partial charge in [-0.05, 0) is 24.5 Å². The minimum Gasteiger partial charge on any atom is -0.372 e. The van der Waals surface area contributed by atoms with Gasteiger partial charge in [0.1, 0.15) is 0 Å². The van der Waals surface area contributed by atoms with Crippen molar-refractivity contribution in [3.05, 3.63) is 47.5 Å². The van der Waals surface area contributed by atoms with Gasteiger partial charge in [0.2, 0.25) is 0 Å². The number of hydrogen-bond acceptors (Lipinski definition) is 2. The molecule has 0 N–H and O–H groups in total. The van der Waals surface area contributed by atoms with E-state index >= 15 is 0 Å². The summed E-state index contributed by atoms with van der Waals surface area (Å²) in [5, 5.41) is 0. The maximum Gasteiger partial charge on any atom is 0.0788 e. The fourth-order valence-corrected chi connectivity index (χ4v) is 2.00. The highest BCUT2D eigenvalue weighted by molar-refractivity contribution is 5.17. The average molecular weight is 232 g/mol. The first kappa shape index (κ1) is 12.3. The van der Waals surface area contributed by atoms with Crippen LogP contribution in [-0.2, 0) is 16.1 Å². The van der Waals surface area contributed by atoms with Gasteiger partial charge in [-0.3, -0.25) is 0 Å². The zero-order chi connectivity index (χ0) is 12.1. The Labute approximate surface area is 103 Å². The summed E-state index contributed by atoms with van der Waals surface area (Å²) in [7, 11) is 0. The van der Waals surface area contributed by atoms with Crippen LogP contribution in [0.25, 0.3) is 0 Å². The molecule has 0 radical (unpaired) electrons. The quantitative estimate of drug-likeness (QED) is 0.725. The van der Waals surface area contributed by atoms with Crippen LogP contribution in [0, 0.1) is 0 Å². The Balaban J connectivity index is 1.79. The standard InChI is InChI=1S/C15H20O2/c1-3-15-9-14(12(2)17-15)11-16-10-13-7-5-4-6-8-13/h4-9,12,15H,3,10-11H2,1-2H3/t12-,15-/m0/s1. The Morgan fingerprint density at radius 3 is 2.59 bits per heavy atom. The Hall–Kier alpha value is -1.12. The molecule has 1 aliphatic rings. The van der Waals surface area contributed by atoms with E-state index in [1.165, 1.54) is 11.1 Å². The number of ether oxygens (including phenoxy) is 2. The fourth-order valence-electron chi connectivity index (χ4n) is 2.00. The van der Waals surface area contributed by atoms with Gasteiger partial charge in [0.05, 0.1) is 25.4 Å². The zero-order valence-electron chi connectivity index (χ0n) is 10.6. The van der Waals surface area contributed by atoms with Crippen LogP contribution in [0.2, 0.25) is 0 Å². The van der Waals surface area contributed by atoms with E-state index in [2.05, 4.69) is 32.1 Å². The van der Waals surface area contributed by atoms with Crippen molar-refractivity contribution in [2.45, 2.75) is 39.1 Å². The summed E-state index contributed by atoms with van der Waals surface area (Å²) in [6, 6.07) is 10.2. The summed E-state index contributed by atoms with van der Waals surface area (Å²) in [5.41, 5.74) is 2.49. The van der Waals surface area contributed by atoms with Gasteiger partial charge in [-0.2, -0.15) is 0 Å². The van der Waals surface area contributed by atoms with Crippen molar-refractivity contribution in [3.63, 3.8) is 0 Å². The Kier molecular flexibility index (Phi) is 4.35. The molecule has 0 amide bonds. The third-order valence-electron chi connectivity index (χ3n) is 3.08. The molecular formula is C15H20O2. The molecule has 0 aliphatic carbocycles. The highest BCUT2D eigenvalue weighted by Gasteiger charge is 2.21. The average Bonchev–Trinajstić information content (AvgIpc) is 2.72. The summed E-state index contributed by atoms with van der Waals surface area (Å²) >= 11 is 0. The van der Waals surface area contributed by atoms with Gasteiger partial charge in [0.25, 0.3) is 0 Å². The molecule has 0 aromatic heterocycles. The fraction of sp³-hybridized carbons (Fsp3) is 0.467. The second-order valence-corrected chi connectivity index (χ2v) is 4.44. The Bertz CT molecular complexity index is 370. The lowest BCUT2D eigenvalue weighted by atomic mass is 10.1. The highest BCUT2D eigenvalue weighted by atomic mass is 16.5. The van der Waals surface area contributed by atoms with Crippen molar-refractivity contribution in [1.29, 1.82) is 0 Å². The van der Waals surface area contributed by atoms with Crippen LogP contribution >= 0.6 is 0 Å². The van der Waals surface area contributed by atoms with Gasteiger partial charge in [-0.15, -0.1) is 0 Å². The van der Waals surface area contributed by atoms with Crippen molar-refractivity contribution >= 4 is 0 Å². The van der Waals surface area contributed by atoms with Crippen LogP contribution in [0.3, 0.4) is 0 Å². The molecule has 92 valence electrons. The second-order valence-electron chi connectivity index (χ2n) is 4.44. The van der Waals surface area contributed by atoms with Crippen molar-refractivity contribution in [3.8, 4) is 0 Å². The molecule has 2 rings (SSSR count). The van der Waals surface area contributed by atoms with Gasteiger partial charge in [0, 0.05) is 0 Å². The summed E-state index contributed by atoms with van der Waals surface area (Å²) in [6.45, 7) is 5.57. The van der Waals surface area contributed by atoms with E-state index in [0.29, 0.717) is 13.2 Å². The predicted molar refractivity (Wildman–Crippen MR) is 68.8 cm³/mol. The predicted octanol–water partition coefficient (Wildman–Crippen LogP) is 3.33. The van der Waals surface area contributed by atoms with Crippen molar-refractivity contribution in [2.75, 3.05) is 6.61 Å². The normalized spacial score (nSPS) is 23.8. The van der Waals surface area contributed by atoms with Gasteiger partial charge in [-0.25, -0.2) is 0 Å². The minimum atomic E-state index is 0.204. The van der Waals surface area contributed by atoms with E-state index in [9.17, 15) is 0 Å². The van der Waals surface area contributed by atoms with Crippen LogP contribution in [0.15, 0.2) is 42.0 Å². The smallest absolute Gasteiger partial charge is 0.0788 e. The lowest BCUT2D eigenvalue weighted by Crippen LogP contribution is -2.12. The van der Waals surface area contributed by atoms with Crippen LogP contribution in [-0.4, -0.2) is 18.8 Å². The maximum absolute atomic E-state index is 5.75. The summed E-state index contributed by atoms with van der Waals surface area (Å²) in [4.78, 5) is 0. The molecule has 2 heteroatoms. The second kappa shape index (κ2) is 5.99. The molecule has 0 saturated carbocycles. The number of rotatable bonds is 5. The molecule has 0 bridgehead atoms. The minimum absolute atomic E-state index is 0.204. The summed E-state index contributed by atoms with van der Waals surface area (Å²) in [6.07, 6.45) is 3.72. The van der Waals surface area contributed by atoms with Crippen LogP contribution < -0.4 is 0 Å². The molecule has 1 aliphatic heterocycles. The van der Waals surface area contributed by atoms with E-state index in [4.69, 9.17) is 9.47 Å². The molecule has 1 aromatic carbocycles. The maximum atomic E-state index is 5.75.